The summed E-state index contributed by atoms with van der Waals surface area (Å²) in [4.78, 5) is 8.75. The van der Waals surface area contributed by atoms with Crippen molar-refractivity contribution in [3.05, 3.63) is 54.2 Å². The molecule has 0 unspecified atom stereocenters. The first-order valence-electron chi connectivity index (χ1n) is 8.10. The summed E-state index contributed by atoms with van der Waals surface area (Å²) < 4.78 is 0. The number of para-hydroxylation sites is 1. The van der Waals surface area contributed by atoms with E-state index in [1.165, 1.54) is 11.1 Å². The highest BCUT2D eigenvalue weighted by Crippen LogP contribution is 2.34. The zero-order chi connectivity index (χ0) is 16.8. The minimum Gasteiger partial charge on any atom is -0.351 e. The van der Waals surface area contributed by atoms with Crippen LogP contribution in [0.3, 0.4) is 0 Å². The Morgan fingerprint density at radius 3 is 2.30 bits per heavy atom. The number of hydrogen-bond donors (Lipinski definition) is 2. The molecule has 0 saturated carbocycles. The van der Waals surface area contributed by atoms with Gasteiger partial charge < -0.3 is 10.6 Å². The van der Waals surface area contributed by atoms with Gasteiger partial charge in [-0.1, -0.05) is 52.0 Å². The first kappa shape index (κ1) is 17.0. The average molecular weight is 310 g/mol. The van der Waals surface area contributed by atoms with Gasteiger partial charge in [0.2, 0.25) is 5.95 Å². The molecule has 0 amide bonds. The van der Waals surface area contributed by atoms with Crippen molar-refractivity contribution >= 4 is 17.5 Å². The molecule has 122 valence electrons. The molecule has 0 aliphatic rings. The summed E-state index contributed by atoms with van der Waals surface area (Å²) in [5.74, 6) is 2.28. The van der Waals surface area contributed by atoms with E-state index in [4.69, 9.17) is 0 Å². The van der Waals surface area contributed by atoms with E-state index in [1.54, 1.807) is 12.3 Å². The van der Waals surface area contributed by atoms with Gasteiger partial charge in [-0.2, -0.15) is 4.98 Å². The van der Waals surface area contributed by atoms with Crippen LogP contribution in [-0.2, 0) is 0 Å². The molecule has 0 radical (unpaired) electrons. The molecule has 1 aromatic carbocycles. The Kier molecular flexibility index (Phi) is 5.74. The van der Waals surface area contributed by atoms with Gasteiger partial charge in [0.15, 0.2) is 0 Å². The number of hydrogen-bond acceptors (Lipinski definition) is 4. The molecule has 0 bridgehead atoms. The minimum atomic E-state index is 0.441. The highest BCUT2D eigenvalue weighted by Gasteiger charge is 2.14. The maximum absolute atomic E-state index is 4.53. The lowest BCUT2D eigenvalue weighted by Crippen LogP contribution is -2.07. The highest BCUT2D eigenvalue weighted by atomic mass is 15.1. The molecule has 4 nitrogen and oxygen atoms in total. The average Bonchev–Trinajstić information content (AvgIpc) is 2.53. The molecule has 4 heteroatoms. The normalized spacial score (nSPS) is 10.9. The van der Waals surface area contributed by atoms with E-state index >= 15 is 0 Å². The quantitative estimate of drug-likeness (QED) is 0.701. The van der Waals surface area contributed by atoms with E-state index in [2.05, 4.69) is 73.1 Å². The Hall–Kier alpha value is -2.36. The van der Waals surface area contributed by atoms with E-state index in [1.807, 2.05) is 6.07 Å². The van der Waals surface area contributed by atoms with Crippen molar-refractivity contribution < 1.29 is 0 Å². The smallest absolute Gasteiger partial charge is 0.224 e. The van der Waals surface area contributed by atoms with Gasteiger partial charge in [0, 0.05) is 18.4 Å². The summed E-state index contributed by atoms with van der Waals surface area (Å²) in [6, 6.07) is 8.38. The lowest BCUT2D eigenvalue weighted by molar-refractivity contribution is 0.838. The number of nitrogens with one attached hydrogen (secondary N) is 2. The predicted octanol–water partition coefficient (Wildman–Crippen LogP) is 5.06. The van der Waals surface area contributed by atoms with Gasteiger partial charge in [0.25, 0.3) is 0 Å². The minimum absolute atomic E-state index is 0.441. The van der Waals surface area contributed by atoms with Crippen LogP contribution in [0.1, 0.15) is 50.7 Å². The van der Waals surface area contributed by atoms with Crippen LogP contribution in [0.25, 0.3) is 0 Å². The van der Waals surface area contributed by atoms with Crippen molar-refractivity contribution in [1.29, 1.82) is 0 Å². The maximum Gasteiger partial charge on any atom is 0.224 e. The lowest BCUT2D eigenvalue weighted by atomic mass is 9.92. The second kappa shape index (κ2) is 7.77. The van der Waals surface area contributed by atoms with Crippen molar-refractivity contribution in [2.24, 2.45) is 0 Å². The summed E-state index contributed by atoms with van der Waals surface area (Å²) in [7, 11) is 0. The van der Waals surface area contributed by atoms with Crippen molar-refractivity contribution in [1.82, 2.24) is 9.97 Å². The molecule has 0 atom stereocenters. The summed E-state index contributed by atoms with van der Waals surface area (Å²) in [6.07, 6.45) is 3.54. The molecule has 2 rings (SSSR count). The Morgan fingerprint density at radius 1 is 1.09 bits per heavy atom. The predicted molar refractivity (Wildman–Crippen MR) is 98.6 cm³/mol. The Balaban J connectivity index is 2.37. The molecule has 0 saturated heterocycles. The first-order valence-corrected chi connectivity index (χ1v) is 8.10. The van der Waals surface area contributed by atoms with Gasteiger partial charge in [-0.05, 0) is 29.0 Å². The van der Waals surface area contributed by atoms with E-state index in [9.17, 15) is 0 Å². The van der Waals surface area contributed by atoms with Crippen molar-refractivity contribution in [3.63, 3.8) is 0 Å². The fourth-order valence-electron chi connectivity index (χ4n) is 2.50. The Bertz CT molecular complexity index is 636. The third-order valence-electron chi connectivity index (χ3n) is 3.69. The molecule has 1 heterocycles. The molecule has 0 fully saturated rings. The van der Waals surface area contributed by atoms with Gasteiger partial charge in [0.1, 0.15) is 5.82 Å². The molecule has 0 aliphatic carbocycles. The van der Waals surface area contributed by atoms with Crippen molar-refractivity contribution in [3.8, 4) is 0 Å². The highest BCUT2D eigenvalue weighted by molar-refractivity contribution is 5.67. The van der Waals surface area contributed by atoms with Gasteiger partial charge in [-0.3, -0.25) is 0 Å². The monoisotopic (exact) mass is 310 g/mol. The van der Waals surface area contributed by atoms with Gasteiger partial charge in [0.05, 0.1) is 0 Å². The molecule has 2 aromatic rings. The molecule has 0 aliphatic heterocycles. The standard InChI is InChI=1S/C19H26N4/c1-6-11-20-19-21-12-10-17(23-19)22-18-15(13(2)3)8-7-9-16(18)14(4)5/h6-10,12-14H,1,11H2,2-5H3,(H2,20,21,22,23). The summed E-state index contributed by atoms with van der Waals surface area (Å²) in [6.45, 7) is 13.2. The second-order valence-electron chi connectivity index (χ2n) is 6.18. The number of aromatic nitrogens is 2. The zero-order valence-corrected chi connectivity index (χ0v) is 14.4. The van der Waals surface area contributed by atoms with Crippen LogP contribution >= 0.6 is 0 Å². The lowest BCUT2D eigenvalue weighted by Gasteiger charge is -2.20. The second-order valence-corrected chi connectivity index (χ2v) is 6.18. The number of rotatable bonds is 7. The Labute approximate surface area is 139 Å². The van der Waals surface area contributed by atoms with Crippen LogP contribution in [0, 0.1) is 0 Å². The van der Waals surface area contributed by atoms with E-state index in [0.717, 1.165) is 11.5 Å². The fourth-order valence-corrected chi connectivity index (χ4v) is 2.50. The van der Waals surface area contributed by atoms with Gasteiger partial charge in [-0.25, -0.2) is 4.98 Å². The summed E-state index contributed by atoms with van der Waals surface area (Å²) >= 11 is 0. The molecule has 1 aromatic heterocycles. The molecule has 23 heavy (non-hydrogen) atoms. The van der Waals surface area contributed by atoms with Crippen LogP contribution in [0.2, 0.25) is 0 Å². The molecular formula is C19H26N4. The first-order chi connectivity index (χ1) is 11.0. The van der Waals surface area contributed by atoms with Crippen LogP contribution < -0.4 is 10.6 Å². The SMILES string of the molecule is C=CCNc1nccc(Nc2c(C(C)C)cccc2C(C)C)n1. The third-order valence-corrected chi connectivity index (χ3v) is 3.69. The summed E-state index contributed by atoms with van der Waals surface area (Å²) in [5.41, 5.74) is 3.76. The zero-order valence-electron chi connectivity index (χ0n) is 14.4. The van der Waals surface area contributed by atoms with Crippen LogP contribution in [0.4, 0.5) is 17.5 Å². The molecular weight excluding hydrogens is 284 g/mol. The maximum atomic E-state index is 4.53. The van der Waals surface area contributed by atoms with E-state index < -0.39 is 0 Å². The number of benzene rings is 1. The largest absolute Gasteiger partial charge is 0.351 e. The Morgan fingerprint density at radius 2 is 1.74 bits per heavy atom. The van der Waals surface area contributed by atoms with Gasteiger partial charge in [-0.15, -0.1) is 6.58 Å². The van der Waals surface area contributed by atoms with Crippen molar-refractivity contribution in [2.45, 2.75) is 39.5 Å². The summed E-state index contributed by atoms with van der Waals surface area (Å²) in [5, 5.41) is 6.62. The van der Waals surface area contributed by atoms with Crippen LogP contribution in [-0.4, -0.2) is 16.5 Å². The third kappa shape index (κ3) is 4.31. The molecule has 0 spiro atoms. The van der Waals surface area contributed by atoms with E-state index in [-0.39, 0.29) is 0 Å². The van der Waals surface area contributed by atoms with Gasteiger partial charge >= 0.3 is 0 Å². The van der Waals surface area contributed by atoms with E-state index in [0.29, 0.717) is 24.3 Å². The van der Waals surface area contributed by atoms with Crippen LogP contribution in [0.5, 0.6) is 0 Å². The number of nitrogens with zero attached hydrogens (tertiary/aromatic N) is 2. The van der Waals surface area contributed by atoms with Crippen LogP contribution in [0.15, 0.2) is 43.1 Å². The van der Waals surface area contributed by atoms with Crippen molar-refractivity contribution in [2.75, 3.05) is 17.2 Å². The number of anilines is 3. The molecule has 2 N–H and O–H groups in total. The fraction of sp³-hybridized carbons (Fsp3) is 0.368. The topological polar surface area (TPSA) is 49.8 Å².